The number of anilines is 1. The molecule has 18 heavy (non-hydrogen) atoms. The molecular formula is C13H18N2O3. The molecule has 0 spiro atoms. The Hall–Kier alpha value is -1.88. The van der Waals surface area contributed by atoms with E-state index in [0.717, 1.165) is 0 Å². The summed E-state index contributed by atoms with van der Waals surface area (Å²) in [5.74, 6) is -0.442. The summed E-state index contributed by atoms with van der Waals surface area (Å²) in [6.45, 7) is 5.84. The standard InChI is InChI=1S/C13H18N2O3/c1-8(2)9(3)12(16)14-11-6-4-10(5-7-11)13(17)15-18/h4-9,18H,1-3H3,(H,14,16)(H,15,17)/t9-/m1/s1. The van der Waals surface area contributed by atoms with Crippen molar-refractivity contribution in [2.24, 2.45) is 11.8 Å². The summed E-state index contributed by atoms with van der Waals surface area (Å²) in [5, 5.41) is 11.2. The maximum absolute atomic E-state index is 11.8. The lowest BCUT2D eigenvalue weighted by Crippen LogP contribution is -2.24. The van der Waals surface area contributed by atoms with Gasteiger partial charge in [-0.15, -0.1) is 0 Å². The average molecular weight is 250 g/mol. The van der Waals surface area contributed by atoms with Gasteiger partial charge in [0, 0.05) is 17.2 Å². The molecule has 2 amide bonds. The molecule has 0 heterocycles. The maximum Gasteiger partial charge on any atom is 0.274 e. The number of carbonyl (C=O) groups excluding carboxylic acids is 2. The maximum atomic E-state index is 11.8. The highest BCUT2D eigenvalue weighted by atomic mass is 16.5. The number of hydrogen-bond donors (Lipinski definition) is 3. The molecular weight excluding hydrogens is 232 g/mol. The lowest BCUT2D eigenvalue weighted by Gasteiger charge is -2.15. The highest BCUT2D eigenvalue weighted by Crippen LogP contribution is 2.15. The fraction of sp³-hybridized carbons (Fsp3) is 0.385. The summed E-state index contributed by atoms with van der Waals surface area (Å²) in [7, 11) is 0. The van der Waals surface area contributed by atoms with E-state index in [9.17, 15) is 9.59 Å². The lowest BCUT2D eigenvalue weighted by molar-refractivity contribution is -0.120. The number of amides is 2. The van der Waals surface area contributed by atoms with E-state index in [2.05, 4.69) is 5.32 Å². The third-order valence-corrected chi connectivity index (χ3v) is 2.93. The third-order valence-electron chi connectivity index (χ3n) is 2.93. The number of benzene rings is 1. The molecule has 0 aliphatic carbocycles. The molecule has 3 N–H and O–H groups in total. The molecule has 0 aliphatic heterocycles. The van der Waals surface area contributed by atoms with Crippen LogP contribution in [0.2, 0.25) is 0 Å². The van der Waals surface area contributed by atoms with E-state index in [4.69, 9.17) is 5.21 Å². The van der Waals surface area contributed by atoms with Crippen LogP contribution >= 0.6 is 0 Å². The Kier molecular flexibility index (Phi) is 4.85. The van der Waals surface area contributed by atoms with E-state index in [0.29, 0.717) is 11.3 Å². The summed E-state index contributed by atoms with van der Waals surface area (Å²) in [4.78, 5) is 22.9. The molecule has 0 aromatic heterocycles. The molecule has 0 bridgehead atoms. The Bertz CT molecular complexity index is 426. The third kappa shape index (κ3) is 3.56. The zero-order chi connectivity index (χ0) is 13.7. The number of nitrogens with one attached hydrogen (secondary N) is 2. The molecule has 1 rings (SSSR count). The van der Waals surface area contributed by atoms with Crippen molar-refractivity contribution in [2.45, 2.75) is 20.8 Å². The summed E-state index contributed by atoms with van der Waals surface area (Å²) in [5.41, 5.74) is 2.50. The van der Waals surface area contributed by atoms with E-state index < -0.39 is 5.91 Å². The quantitative estimate of drug-likeness (QED) is 0.565. The topological polar surface area (TPSA) is 78.4 Å². The van der Waals surface area contributed by atoms with Gasteiger partial charge in [-0.05, 0) is 30.2 Å². The van der Waals surface area contributed by atoms with Crippen LogP contribution in [0.3, 0.4) is 0 Å². The van der Waals surface area contributed by atoms with Crippen molar-refractivity contribution in [1.82, 2.24) is 5.48 Å². The zero-order valence-corrected chi connectivity index (χ0v) is 10.7. The zero-order valence-electron chi connectivity index (χ0n) is 10.7. The summed E-state index contributed by atoms with van der Waals surface area (Å²) >= 11 is 0. The summed E-state index contributed by atoms with van der Waals surface area (Å²) in [6, 6.07) is 6.30. The minimum atomic E-state index is -0.580. The van der Waals surface area contributed by atoms with Crippen molar-refractivity contribution in [3.8, 4) is 0 Å². The second kappa shape index (κ2) is 6.16. The number of rotatable bonds is 4. The molecule has 0 fully saturated rings. The number of carbonyl (C=O) groups is 2. The van der Waals surface area contributed by atoms with Gasteiger partial charge in [-0.1, -0.05) is 20.8 Å². The second-order valence-electron chi connectivity index (χ2n) is 4.54. The predicted octanol–water partition coefficient (Wildman–Crippen LogP) is 2.04. The van der Waals surface area contributed by atoms with Crippen LogP contribution in [0.4, 0.5) is 5.69 Å². The minimum absolute atomic E-state index is 0.0515. The predicted molar refractivity (Wildman–Crippen MR) is 68.3 cm³/mol. The first-order valence-corrected chi connectivity index (χ1v) is 5.81. The van der Waals surface area contributed by atoms with Crippen molar-refractivity contribution in [3.63, 3.8) is 0 Å². The average Bonchev–Trinajstić information content (AvgIpc) is 2.37. The fourth-order valence-corrected chi connectivity index (χ4v) is 1.33. The van der Waals surface area contributed by atoms with E-state index in [1.807, 2.05) is 20.8 Å². The Labute approximate surface area is 106 Å². The second-order valence-corrected chi connectivity index (χ2v) is 4.54. The van der Waals surface area contributed by atoms with E-state index in [1.165, 1.54) is 12.1 Å². The SMILES string of the molecule is CC(C)[C@@H](C)C(=O)Nc1ccc(C(=O)NO)cc1. The highest BCUT2D eigenvalue weighted by Gasteiger charge is 2.16. The normalized spacial score (nSPS) is 12.1. The first-order valence-electron chi connectivity index (χ1n) is 5.81. The Morgan fingerprint density at radius 1 is 1.11 bits per heavy atom. The molecule has 0 radical (unpaired) electrons. The minimum Gasteiger partial charge on any atom is -0.326 e. The molecule has 1 atom stereocenters. The van der Waals surface area contributed by atoms with Gasteiger partial charge in [-0.2, -0.15) is 0 Å². The lowest BCUT2D eigenvalue weighted by atomic mass is 9.97. The Morgan fingerprint density at radius 2 is 1.67 bits per heavy atom. The van der Waals surface area contributed by atoms with Crippen LogP contribution in [0.15, 0.2) is 24.3 Å². The van der Waals surface area contributed by atoms with Crippen molar-refractivity contribution >= 4 is 17.5 Å². The van der Waals surface area contributed by atoms with Crippen LogP contribution in [0, 0.1) is 11.8 Å². The van der Waals surface area contributed by atoms with Crippen molar-refractivity contribution < 1.29 is 14.8 Å². The van der Waals surface area contributed by atoms with Crippen LogP contribution in [0.5, 0.6) is 0 Å². The van der Waals surface area contributed by atoms with Crippen molar-refractivity contribution in [3.05, 3.63) is 29.8 Å². The Morgan fingerprint density at radius 3 is 2.11 bits per heavy atom. The van der Waals surface area contributed by atoms with Crippen molar-refractivity contribution in [1.29, 1.82) is 0 Å². The van der Waals surface area contributed by atoms with Gasteiger partial charge in [0.05, 0.1) is 0 Å². The smallest absolute Gasteiger partial charge is 0.274 e. The van der Waals surface area contributed by atoms with Crippen LogP contribution in [-0.4, -0.2) is 17.0 Å². The molecule has 98 valence electrons. The van der Waals surface area contributed by atoms with Gasteiger partial charge in [0.25, 0.3) is 5.91 Å². The van der Waals surface area contributed by atoms with Gasteiger partial charge in [0.1, 0.15) is 0 Å². The molecule has 1 aromatic rings. The van der Waals surface area contributed by atoms with Crippen LogP contribution < -0.4 is 10.8 Å². The van der Waals surface area contributed by atoms with E-state index in [1.54, 1.807) is 17.6 Å². The molecule has 5 nitrogen and oxygen atoms in total. The fourth-order valence-electron chi connectivity index (χ4n) is 1.33. The molecule has 0 saturated heterocycles. The molecule has 0 saturated carbocycles. The molecule has 5 heteroatoms. The van der Waals surface area contributed by atoms with E-state index >= 15 is 0 Å². The number of hydrogen-bond acceptors (Lipinski definition) is 3. The van der Waals surface area contributed by atoms with Gasteiger partial charge in [0.2, 0.25) is 5.91 Å². The van der Waals surface area contributed by atoms with Gasteiger partial charge >= 0.3 is 0 Å². The van der Waals surface area contributed by atoms with Gasteiger partial charge in [0.15, 0.2) is 0 Å². The van der Waals surface area contributed by atoms with Crippen LogP contribution in [0.1, 0.15) is 31.1 Å². The highest BCUT2D eigenvalue weighted by molar-refractivity contribution is 5.95. The first kappa shape index (κ1) is 14.2. The van der Waals surface area contributed by atoms with Gasteiger partial charge in [-0.3, -0.25) is 14.8 Å². The molecule has 0 aliphatic rings. The van der Waals surface area contributed by atoms with E-state index in [-0.39, 0.29) is 17.7 Å². The van der Waals surface area contributed by atoms with Gasteiger partial charge < -0.3 is 5.32 Å². The largest absolute Gasteiger partial charge is 0.326 e. The van der Waals surface area contributed by atoms with Crippen LogP contribution in [-0.2, 0) is 4.79 Å². The summed E-state index contributed by atoms with van der Waals surface area (Å²) < 4.78 is 0. The van der Waals surface area contributed by atoms with Gasteiger partial charge in [-0.25, -0.2) is 5.48 Å². The Balaban J connectivity index is 2.69. The number of hydroxylamine groups is 1. The summed E-state index contributed by atoms with van der Waals surface area (Å²) in [6.07, 6.45) is 0. The van der Waals surface area contributed by atoms with Crippen LogP contribution in [0.25, 0.3) is 0 Å². The molecule has 0 unspecified atom stereocenters. The monoisotopic (exact) mass is 250 g/mol. The van der Waals surface area contributed by atoms with Crippen molar-refractivity contribution in [2.75, 3.05) is 5.32 Å². The first-order chi connectivity index (χ1) is 8.45. The molecule has 1 aromatic carbocycles.